The summed E-state index contributed by atoms with van der Waals surface area (Å²) in [6.07, 6.45) is 0.918. The number of hydrogen-bond acceptors (Lipinski definition) is 3. The number of para-hydroxylation sites is 1. The Bertz CT molecular complexity index is 1100. The molecule has 2 aromatic carbocycles. The highest BCUT2D eigenvalue weighted by Gasteiger charge is 2.20. The molecule has 1 aliphatic rings. The Morgan fingerprint density at radius 1 is 0.970 bits per heavy atom. The molecule has 0 radical (unpaired) electrons. The van der Waals surface area contributed by atoms with E-state index in [2.05, 4.69) is 31.8 Å². The van der Waals surface area contributed by atoms with E-state index < -0.39 is 0 Å². The van der Waals surface area contributed by atoms with Crippen LogP contribution in [0.1, 0.15) is 28.2 Å². The fraction of sp³-hybridized carbons (Fsp3) is 0.346. The van der Waals surface area contributed by atoms with Crippen molar-refractivity contribution in [1.29, 1.82) is 0 Å². The van der Waals surface area contributed by atoms with Crippen LogP contribution in [0.5, 0.6) is 0 Å². The van der Waals surface area contributed by atoms with Crippen molar-refractivity contribution in [3.05, 3.63) is 81.6 Å². The lowest BCUT2D eigenvalue weighted by Crippen LogP contribution is -2.47. The van der Waals surface area contributed by atoms with Gasteiger partial charge in [-0.15, -0.1) is 0 Å². The molecule has 1 amide bonds. The molecule has 0 unspecified atom stereocenters. The number of amides is 1. The Morgan fingerprint density at radius 2 is 1.70 bits per heavy atom. The van der Waals surface area contributed by atoms with Gasteiger partial charge in [-0.25, -0.2) is 0 Å². The topological polar surface area (TPSA) is 40.5 Å². The van der Waals surface area contributed by atoms with Crippen LogP contribution in [-0.4, -0.2) is 54.6 Å². The second-order valence-electron chi connectivity index (χ2n) is 8.47. The van der Waals surface area contributed by atoms with Gasteiger partial charge in [0.1, 0.15) is 0 Å². The van der Waals surface area contributed by atoms with Crippen LogP contribution in [0, 0.1) is 13.8 Å². The summed E-state index contributed by atoms with van der Waals surface area (Å²) in [5.74, 6) is -0.00861. The highest BCUT2D eigenvalue weighted by atomic mass is 35.5. The lowest BCUT2D eigenvalue weighted by atomic mass is 10.2. The van der Waals surface area contributed by atoms with Crippen molar-refractivity contribution < 1.29 is 4.79 Å². The molecule has 1 saturated heterocycles. The number of aromatic nitrogens is 1. The molecule has 0 aliphatic carbocycles. The first kappa shape index (κ1) is 23.7. The third-order valence-corrected chi connectivity index (χ3v) is 7.08. The smallest absolute Gasteiger partial charge is 0.253 e. The van der Waals surface area contributed by atoms with E-state index in [9.17, 15) is 4.79 Å². The zero-order valence-electron chi connectivity index (χ0n) is 19.2. The van der Waals surface area contributed by atoms with Crippen molar-refractivity contribution >= 4 is 34.8 Å². The summed E-state index contributed by atoms with van der Waals surface area (Å²) >= 11 is 12.5. The summed E-state index contributed by atoms with van der Waals surface area (Å²) < 4.78 is 2.13. The molecular weight excluding hydrogens is 455 g/mol. The number of aryl methyl sites for hydroxylation is 1. The van der Waals surface area contributed by atoms with Crippen LogP contribution in [0.4, 0.5) is 5.69 Å². The number of rotatable bonds is 7. The number of anilines is 1. The summed E-state index contributed by atoms with van der Waals surface area (Å²) in [6, 6.07) is 17.9. The highest BCUT2D eigenvalue weighted by molar-refractivity contribution is 6.43. The molecule has 4 rings (SSSR count). The molecule has 1 aromatic heterocycles. The number of hydrogen-bond donors (Lipinski definition) is 1. The zero-order valence-corrected chi connectivity index (χ0v) is 20.7. The van der Waals surface area contributed by atoms with Crippen molar-refractivity contribution in [3.63, 3.8) is 0 Å². The van der Waals surface area contributed by atoms with Crippen molar-refractivity contribution in [2.45, 2.75) is 20.3 Å². The third kappa shape index (κ3) is 5.37. The minimum atomic E-state index is -0.00861. The lowest BCUT2D eigenvalue weighted by Gasteiger charge is -2.36. The monoisotopic (exact) mass is 484 g/mol. The Balaban J connectivity index is 1.24. The maximum Gasteiger partial charge on any atom is 0.253 e. The fourth-order valence-electron chi connectivity index (χ4n) is 4.52. The lowest BCUT2D eigenvalue weighted by molar-refractivity contribution is 0.0951. The van der Waals surface area contributed by atoms with Crippen LogP contribution in [0.25, 0.3) is 5.69 Å². The molecule has 1 fully saturated rings. The van der Waals surface area contributed by atoms with Gasteiger partial charge in [-0.05, 0) is 57.1 Å². The number of carbonyl (C=O) groups is 1. The van der Waals surface area contributed by atoms with Crippen molar-refractivity contribution in [1.82, 2.24) is 14.8 Å². The third-order valence-electron chi connectivity index (χ3n) is 6.27. The van der Waals surface area contributed by atoms with E-state index in [0.29, 0.717) is 16.6 Å². The molecule has 0 atom stereocenters. The molecule has 2 heterocycles. The zero-order chi connectivity index (χ0) is 23.4. The van der Waals surface area contributed by atoms with Gasteiger partial charge < -0.3 is 14.8 Å². The average molecular weight is 485 g/mol. The van der Waals surface area contributed by atoms with Gasteiger partial charge in [0.25, 0.3) is 5.91 Å². The summed E-state index contributed by atoms with van der Waals surface area (Å²) in [5.41, 5.74) is 4.84. The molecule has 7 heteroatoms. The predicted molar refractivity (Wildman–Crippen MR) is 137 cm³/mol. The number of carbonyl (C=O) groups excluding carboxylic acids is 1. The van der Waals surface area contributed by atoms with Gasteiger partial charge in [-0.2, -0.15) is 0 Å². The normalized spacial score (nSPS) is 14.5. The van der Waals surface area contributed by atoms with Gasteiger partial charge >= 0.3 is 0 Å². The van der Waals surface area contributed by atoms with Gasteiger partial charge in [0.15, 0.2) is 0 Å². The molecule has 0 saturated carbocycles. The van der Waals surface area contributed by atoms with Crippen LogP contribution in [0.2, 0.25) is 10.0 Å². The van der Waals surface area contributed by atoms with Gasteiger partial charge in [0.2, 0.25) is 0 Å². The van der Waals surface area contributed by atoms with E-state index in [1.807, 2.05) is 56.3 Å². The standard InChI is InChI=1S/C26H30Cl2N4O/c1-19-18-22(20(2)32(19)21-8-4-3-5-9-21)26(33)29-12-7-13-30-14-16-31(17-15-30)24-11-6-10-23(27)25(24)28/h3-6,8-11,18H,7,12-17H2,1-2H3,(H,29,33). The first-order valence-corrected chi connectivity index (χ1v) is 12.1. The summed E-state index contributed by atoms with van der Waals surface area (Å²) in [5, 5.41) is 4.32. The molecule has 0 spiro atoms. The molecule has 3 aromatic rings. The van der Waals surface area contributed by atoms with Gasteiger partial charge in [-0.1, -0.05) is 47.5 Å². The first-order valence-electron chi connectivity index (χ1n) is 11.4. The Morgan fingerprint density at radius 3 is 2.42 bits per heavy atom. The largest absolute Gasteiger partial charge is 0.368 e. The molecular formula is C26H30Cl2N4O. The molecule has 174 valence electrons. The number of benzene rings is 2. The van der Waals surface area contributed by atoms with Crippen molar-refractivity contribution in [2.75, 3.05) is 44.2 Å². The molecule has 1 N–H and O–H groups in total. The maximum absolute atomic E-state index is 12.8. The minimum absolute atomic E-state index is 0.00861. The molecule has 0 bridgehead atoms. The predicted octanol–water partition coefficient (Wildman–Crippen LogP) is 5.34. The van der Waals surface area contributed by atoms with Crippen LogP contribution < -0.4 is 10.2 Å². The van der Waals surface area contributed by atoms with E-state index >= 15 is 0 Å². The number of nitrogens with zero attached hydrogens (tertiary/aromatic N) is 3. The van der Waals surface area contributed by atoms with Crippen LogP contribution >= 0.6 is 23.2 Å². The van der Waals surface area contributed by atoms with Crippen molar-refractivity contribution in [2.24, 2.45) is 0 Å². The average Bonchev–Trinajstić information content (AvgIpc) is 3.13. The minimum Gasteiger partial charge on any atom is -0.368 e. The van der Waals surface area contributed by atoms with Crippen molar-refractivity contribution in [3.8, 4) is 5.69 Å². The van der Waals surface area contributed by atoms with Crippen LogP contribution in [0.15, 0.2) is 54.6 Å². The number of nitrogens with one attached hydrogen (secondary N) is 1. The van der Waals surface area contributed by atoms with E-state index in [1.165, 1.54) is 0 Å². The highest BCUT2D eigenvalue weighted by Crippen LogP contribution is 2.32. The Hall–Kier alpha value is -2.47. The van der Waals surface area contributed by atoms with E-state index in [4.69, 9.17) is 23.2 Å². The second kappa shape index (κ2) is 10.6. The van der Waals surface area contributed by atoms with E-state index in [-0.39, 0.29) is 5.91 Å². The first-order chi connectivity index (χ1) is 16.0. The Labute approximate surface area is 205 Å². The van der Waals surface area contributed by atoms with E-state index in [0.717, 1.165) is 67.5 Å². The molecule has 1 aliphatic heterocycles. The molecule has 33 heavy (non-hydrogen) atoms. The maximum atomic E-state index is 12.8. The molecule has 5 nitrogen and oxygen atoms in total. The van der Waals surface area contributed by atoms with Gasteiger partial charge in [0, 0.05) is 49.8 Å². The summed E-state index contributed by atoms with van der Waals surface area (Å²) in [6.45, 7) is 9.42. The van der Waals surface area contributed by atoms with E-state index in [1.54, 1.807) is 0 Å². The van der Waals surface area contributed by atoms with Crippen LogP contribution in [-0.2, 0) is 0 Å². The fourth-order valence-corrected chi connectivity index (χ4v) is 4.93. The number of piperazine rings is 1. The van der Waals surface area contributed by atoms with Crippen LogP contribution in [0.3, 0.4) is 0 Å². The quantitative estimate of drug-likeness (QED) is 0.459. The summed E-state index contributed by atoms with van der Waals surface area (Å²) in [7, 11) is 0. The SMILES string of the molecule is Cc1cc(C(=O)NCCCN2CCN(c3cccc(Cl)c3Cl)CC2)c(C)n1-c1ccccc1. The Kier molecular flexibility index (Phi) is 7.63. The summed E-state index contributed by atoms with van der Waals surface area (Å²) in [4.78, 5) is 17.5. The number of halogens is 2. The van der Waals surface area contributed by atoms with Gasteiger partial charge in [-0.3, -0.25) is 9.69 Å². The second-order valence-corrected chi connectivity index (χ2v) is 9.25. The van der Waals surface area contributed by atoms with Gasteiger partial charge in [0.05, 0.1) is 21.3 Å².